The third-order valence-corrected chi connectivity index (χ3v) is 3.04. The van der Waals surface area contributed by atoms with Crippen LogP contribution in [-0.4, -0.2) is 6.09 Å². The van der Waals surface area contributed by atoms with E-state index in [1.807, 2.05) is 30.3 Å². The van der Waals surface area contributed by atoms with Crippen LogP contribution in [0, 0.1) is 5.82 Å². The number of benzene rings is 2. The lowest BCUT2D eigenvalue weighted by molar-refractivity contribution is 0.155. The molecule has 0 aliphatic rings. The van der Waals surface area contributed by atoms with Gasteiger partial charge in [0.1, 0.15) is 12.4 Å². The molecule has 0 heterocycles. The summed E-state index contributed by atoms with van der Waals surface area (Å²) < 4.78 is 18.0. The number of amides is 1. The Balaban J connectivity index is 1.98. The standard InChI is InChI=1S/C14H10Cl2FNO2/c15-11-6-10(17)7-12(16)13(11)18-14(19)20-8-9-4-2-1-3-5-9/h1-7H,8H2,(H,18,19). The van der Waals surface area contributed by atoms with E-state index in [2.05, 4.69) is 5.32 Å². The molecular weight excluding hydrogens is 304 g/mol. The second-order valence-electron chi connectivity index (χ2n) is 3.93. The zero-order valence-corrected chi connectivity index (χ0v) is 11.7. The van der Waals surface area contributed by atoms with Gasteiger partial charge in [-0.2, -0.15) is 0 Å². The largest absolute Gasteiger partial charge is 0.444 e. The maximum absolute atomic E-state index is 13.0. The van der Waals surface area contributed by atoms with Crippen molar-refractivity contribution >= 4 is 35.0 Å². The van der Waals surface area contributed by atoms with Crippen molar-refractivity contribution in [2.75, 3.05) is 5.32 Å². The molecule has 0 aliphatic carbocycles. The van der Waals surface area contributed by atoms with Crippen LogP contribution in [0.25, 0.3) is 0 Å². The molecule has 0 atom stereocenters. The van der Waals surface area contributed by atoms with Gasteiger partial charge < -0.3 is 4.74 Å². The number of carbonyl (C=O) groups excluding carboxylic acids is 1. The highest BCUT2D eigenvalue weighted by molar-refractivity contribution is 6.39. The predicted molar refractivity (Wildman–Crippen MR) is 76.7 cm³/mol. The van der Waals surface area contributed by atoms with E-state index in [-0.39, 0.29) is 22.3 Å². The molecule has 1 amide bonds. The molecule has 0 spiro atoms. The number of hydrogen-bond donors (Lipinski definition) is 1. The van der Waals surface area contributed by atoms with Crippen LogP contribution >= 0.6 is 23.2 Å². The molecule has 104 valence electrons. The van der Waals surface area contributed by atoms with Crippen LogP contribution in [0.1, 0.15) is 5.56 Å². The number of halogens is 3. The highest BCUT2D eigenvalue weighted by Crippen LogP contribution is 2.31. The molecule has 2 rings (SSSR count). The van der Waals surface area contributed by atoms with Crippen molar-refractivity contribution in [1.29, 1.82) is 0 Å². The molecule has 0 aromatic heterocycles. The van der Waals surface area contributed by atoms with E-state index in [0.717, 1.165) is 17.7 Å². The van der Waals surface area contributed by atoms with Gasteiger partial charge in [0, 0.05) is 0 Å². The van der Waals surface area contributed by atoms with Gasteiger partial charge in [0.25, 0.3) is 0 Å². The Morgan fingerprint density at radius 3 is 2.35 bits per heavy atom. The number of anilines is 1. The van der Waals surface area contributed by atoms with Crippen molar-refractivity contribution in [2.45, 2.75) is 6.61 Å². The van der Waals surface area contributed by atoms with Gasteiger partial charge in [-0.3, -0.25) is 5.32 Å². The minimum absolute atomic E-state index is 0.00617. The average Bonchev–Trinajstić information content (AvgIpc) is 2.42. The zero-order valence-electron chi connectivity index (χ0n) is 10.2. The summed E-state index contributed by atoms with van der Waals surface area (Å²) >= 11 is 11.6. The van der Waals surface area contributed by atoms with Crippen LogP contribution in [0.2, 0.25) is 10.0 Å². The quantitative estimate of drug-likeness (QED) is 0.876. The summed E-state index contributed by atoms with van der Waals surface area (Å²) in [6, 6.07) is 11.3. The molecule has 0 unspecified atom stereocenters. The molecular formula is C14H10Cl2FNO2. The lowest BCUT2D eigenvalue weighted by Gasteiger charge is -2.10. The molecule has 3 nitrogen and oxygen atoms in total. The summed E-state index contributed by atoms with van der Waals surface area (Å²) in [5.41, 5.74) is 0.965. The lowest BCUT2D eigenvalue weighted by atomic mass is 10.2. The van der Waals surface area contributed by atoms with Crippen LogP contribution < -0.4 is 5.32 Å². The first-order valence-electron chi connectivity index (χ1n) is 5.68. The minimum atomic E-state index is -0.718. The summed E-state index contributed by atoms with van der Waals surface area (Å²) in [6.45, 7) is 0.114. The SMILES string of the molecule is O=C(Nc1c(Cl)cc(F)cc1Cl)OCc1ccccc1. The van der Waals surface area contributed by atoms with Gasteiger partial charge in [-0.1, -0.05) is 53.5 Å². The molecule has 0 bridgehead atoms. The summed E-state index contributed by atoms with van der Waals surface area (Å²) in [7, 11) is 0. The van der Waals surface area contributed by atoms with Crippen LogP contribution in [-0.2, 0) is 11.3 Å². The van der Waals surface area contributed by atoms with E-state index in [9.17, 15) is 9.18 Å². The number of ether oxygens (including phenoxy) is 1. The van der Waals surface area contributed by atoms with Crippen LogP contribution in [0.5, 0.6) is 0 Å². The van der Waals surface area contributed by atoms with Crippen molar-refractivity contribution in [3.05, 3.63) is 63.9 Å². The summed E-state index contributed by atoms with van der Waals surface area (Å²) in [6.07, 6.45) is -0.718. The summed E-state index contributed by atoms with van der Waals surface area (Å²) in [5.74, 6) is -0.580. The molecule has 0 fully saturated rings. The van der Waals surface area contributed by atoms with Gasteiger partial charge in [0.2, 0.25) is 0 Å². The lowest BCUT2D eigenvalue weighted by Crippen LogP contribution is -2.14. The van der Waals surface area contributed by atoms with Crippen molar-refractivity contribution in [3.8, 4) is 0 Å². The highest BCUT2D eigenvalue weighted by Gasteiger charge is 2.12. The van der Waals surface area contributed by atoms with Crippen LogP contribution in [0.15, 0.2) is 42.5 Å². The Morgan fingerprint density at radius 1 is 1.15 bits per heavy atom. The molecule has 0 saturated carbocycles. The van der Waals surface area contributed by atoms with Crippen molar-refractivity contribution in [2.24, 2.45) is 0 Å². The maximum Gasteiger partial charge on any atom is 0.412 e. The Kier molecular flexibility index (Phi) is 4.82. The molecule has 0 radical (unpaired) electrons. The van der Waals surface area contributed by atoms with E-state index in [0.29, 0.717) is 0 Å². The summed E-state index contributed by atoms with van der Waals surface area (Å²) in [4.78, 5) is 11.6. The highest BCUT2D eigenvalue weighted by atomic mass is 35.5. The third-order valence-electron chi connectivity index (χ3n) is 2.45. The van der Waals surface area contributed by atoms with Crippen LogP contribution in [0.4, 0.5) is 14.9 Å². The number of carbonyl (C=O) groups is 1. The fourth-order valence-corrected chi connectivity index (χ4v) is 2.08. The average molecular weight is 314 g/mol. The van der Waals surface area contributed by atoms with Gasteiger partial charge in [0.05, 0.1) is 15.7 Å². The first-order valence-corrected chi connectivity index (χ1v) is 6.44. The van der Waals surface area contributed by atoms with Gasteiger partial charge >= 0.3 is 6.09 Å². The fraction of sp³-hybridized carbons (Fsp3) is 0.0714. The zero-order chi connectivity index (χ0) is 14.5. The van der Waals surface area contributed by atoms with Gasteiger partial charge in [-0.25, -0.2) is 9.18 Å². The number of hydrogen-bond acceptors (Lipinski definition) is 2. The Bertz CT molecular complexity index is 597. The topological polar surface area (TPSA) is 38.3 Å². The van der Waals surface area contributed by atoms with E-state index in [4.69, 9.17) is 27.9 Å². The van der Waals surface area contributed by atoms with Gasteiger partial charge in [0.15, 0.2) is 0 Å². The van der Waals surface area contributed by atoms with Gasteiger partial charge in [-0.15, -0.1) is 0 Å². The molecule has 2 aromatic carbocycles. The first kappa shape index (κ1) is 14.6. The predicted octanol–water partition coefficient (Wildman–Crippen LogP) is 4.88. The monoisotopic (exact) mass is 313 g/mol. The molecule has 0 saturated heterocycles. The number of rotatable bonds is 3. The Morgan fingerprint density at radius 2 is 1.75 bits per heavy atom. The van der Waals surface area contributed by atoms with E-state index in [1.165, 1.54) is 0 Å². The fourth-order valence-electron chi connectivity index (χ4n) is 1.52. The number of nitrogens with one attached hydrogen (secondary N) is 1. The molecule has 1 N–H and O–H groups in total. The Hall–Kier alpha value is -1.78. The molecule has 0 aliphatic heterocycles. The smallest absolute Gasteiger partial charge is 0.412 e. The molecule has 6 heteroatoms. The normalized spacial score (nSPS) is 10.2. The molecule has 20 heavy (non-hydrogen) atoms. The second-order valence-corrected chi connectivity index (χ2v) is 4.75. The van der Waals surface area contributed by atoms with E-state index < -0.39 is 11.9 Å². The second kappa shape index (κ2) is 6.59. The first-order chi connectivity index (χ1) is 9.56. The van der Waals surface area contributed by atoms with Crippen molar-refractivity contribution in [1.82, 2.24) is 0 Å². The van der Waals surface area contributed by atoms with Crippen LogP contribution in [0.3, 0.4) is 0 Å². The summed E-state index contributed by atoms with van der Waals surface area (Å²) in [5, 5.41) is 2.40. The molecule has 2 aromatic rings. The third kappa shape index (κ3) is 3.85. The van der Waals surface area contributed by atoms with Crippen molar-refractivity contribution < 1.29 is 13.9 Å². The van der Waals surface area contributed by atoms with E-state index >= 15 is 0 Å². The Labute approximate surface area is 125 Å². The van der Waals surface area contributed by atoms with Crippen molar-refractivity contribution in [3.63, 3.8) is 0 Å². The maximum atomic E-state index is 13.0. The minimum Gasteiger partial charge on any atom is -0.444 e. The van der Waals surface area contributed by atoms with E-state index in [1.54, 1.807) is 0 Å². The van der Waals surface area contributed by atoms with Gasteiger partial charge in [-0.05, 0) is 17.7 Å².